The number of aliphatic carboxylic acids is 1. The van der Waals surface area contributed by atoms with Crippen LogP contribution in [0.4, 0.5) is 0 Å². The predicted molar refractivity (Wildman–Crippen MR) is 68.9 cm³/mol. The smallest absolute Gasteiger partial charge is 0.337 e. The molecule has 2 heterocycles. The number of hydrogen-bond donors (Lipinski definition) is 1. The lowest BCUT2D eigenvalue weighted by molar-refractivity contribution is -0.151. The molecule has 19 heavy (non-hydrogen) atoms. The van der Waals surface area contributed by atoms with Crippen LogP contribution in [0.2, 0.25) is 0 Å². The van der Waals surface area contributed by atoms with E-state index >= 15 is 0 Å². The molecule has 3 rings (SSSR count). The summed E-state index contributed by atoms with van der Waals surface area (Å²) >= 11 is 0. The second-order valence-electron chi connectivity index (χ2n) is 4.62. The Morgan fingerprint density at radius 2 is 2.16 bits per heavy atom. The van der Waals surface area contributed by atoms with Gasteiger partial charge in [-0.2, -0.15) is 0 Å². The van der Waals surface area contributed by atoms with E-state index in [0.717, 1.165) is 28.2 Å². The molecule has 1 aromatic carbocycles. The first kappa shape index (κ1) is 12.0. The van der Waals surface area contributed by atoms with Crippen LogP contribution in [0.15, 0.2) is 34.7 Å². The number of rotatable bonds is 2. The van der Waals surface area contributed by atoms with Gasteiger partial charge in [0.25, 0.3) is 0 Å². The molecule has 4 heteroatoms. The van der Waals surface area contributed by atoms with E-state index in [1.54, 1.807) is 0 Å². The number of aryl methyl sites for hydroxylation is 1. The van der Waals surface area contributed by atoms with Gasteiger partial charge in [-0.1, -0.05) is 18.2 Å². The maximum atomic E-state index is 11.2. The molecule has 1 atom stereocenters. The second kappa shape index (κ2) is 4.55. The van der Waals surface area contributed by atoms with Crippen LogP contribution in [0.1, 0.15) is 23.0 Å². The highest BCUT2D eigenvalue weighted by atomic mass is 16.5. The Morgan fingerprint density at radius 3 is 2.84 bits per heavy atom. The third-order valence-corrected chi connectivity index (χ3v) is 3.36. The summed E-state index contributed by atoms with van der Waals surface area (Å²) in [5.74, 6) is 0.670. The highest BCUT2D eigenvalue weighted by molar-refractivity contribution is 5.77. The average molecular weight is 258 g/mol. The SMILES string of the molecule is Cc1ccc(-c2cccc3c2CCOC3C(=O)O)o1. The van der Waals surface area contributed by atoms with Gasteiger partial charge >= 0.3 is 5.97 Å². The molecule has 0 amide bonds. The van der Waals surface area contributed by atoms with E-state index in [2.05, 4.69) is 0 Å². The molecule has 0 saturated heterocycles. The Labute approximate surface area is 110 Å². The van der Waals surface area contributed by atoms with E-state index in [1.807, 2.05) is 37.3 Å². The molecular weight excluding hydrogens is 244 g/mol. The molecule has 1 aliphatic rings. The van der Waals surface area contributed by atoms with Crippen molar-refractivity contribution in [3.8, 4) is 11.3 Å². The largest absolute Gasteiger partial charge is 0.479 e. The van der Waals surface area contributed by atoms with Gasteiger partial charge in [-0.3, -0.25) is 0 Å². The molecule has 0 fully saturated rings. The molecule has 98 valence electrons. The number of fused-ring (bicyclic) bond motifs is 1. The first-order chi connectivity index (χ1) is 9.16. The Hall–Kier alpha value is -2.07. The minimum Gasteiger partial charge on any atom is -0.479 e. The van der Waals surface area contributed by atoms with Crippen molar-refractivity contribution in [1.29, 1.82) is 0 Å². The summed E-state index contributed by atoms with van der Waals surface area (Å²) in [6.07, 6.45) is -0.172. The Kier molecular flexibility index (Phi) is 2.87. The van der Waals surface area contributed by atoms with E-state index in [1.165, 1.54) is 0 Å². The topological polar surface area (TPSA) is 59.7 Å². The van der Waals surface area contributed by atoms with Crippen LogP contribution in [-0.4, -0.2) is 17.7 Å². The van der Waals surface area contributed by atoms with Crippen molar-refractivity contribution in [2.45, 2.75) is 19.4 Å². The molecule has 1 aromatic heterocycles. The molecule has 0 saturated carbocycles. The van der Waals surface area contributed by atoms with Crippen molar-refractivity contribution in [2.75, 3.05) is 6.61 Å². The zero-order valence-corrected chi connectivity index (χ0v) is 10.6. The van der Waals surface area contributed by atoms with Crippen LogP contribution in [-0.2, 0) is 16.0 Å². The summed E-state index contributed by atoms with van der Waals surface area (Å²) in [6, 6.07) is 9.43. The molecule has 2 aromatic rings. The van der Waals surface area contributed by atoms with Crippen LogP contribution in [0.25, 0.3) is 11.3 Å². The van der Waals surface area contributed by atoms with E-state index in [9.17, 15) is 9.90 Å². The fourth-order valence-corrected chi connectivity index (χ4v) is 2.51. The molecule has 1 N–H and O–H groups in total. The molecule has 4 nitrogen and oxygen atoms in total. The molecule has 0 spiro atoms. The van der Waals surface area contributed by atoms with Crippen molar-refractivity contribution in [1.82, 2.24) is 0 Å². The maximum absolute atomic E-state index is 11.2. The van der Waals surface area contributed by atoms with Crippen molar-refractivity contribution >= 4 is 5.97 Å². The van der Waals surface area contributed by atoms with Crippen LogP contribution in [0.5, 0.6) is 0 Å². The monoisotopic (exact) mass is 258 g/mol. The first-order valence-corrected chi connectivity index (χ1v) is 6.20. The lowest BCUT2D eigenvalue weighted by Gasteiger charge is -2.24. The summed E-state index contributed by atoms with van der Waals surface area (Å²) in [7, 11) is 0. The molecule has 1 aliphatic heterocycles. The summed E-state index contributed by atoms with van der Waals surface area (Å²) in [6.45, 7) is 2.31. The number of carboxylic acid groups (broad SMARTS) is 1. The average Bonchev–Trinajstić information content (AvgIpc) is 2.83. The minimum absolute atomic E-state index is 0.417. The van der Waals surface area contributed by atoms with Crippen molar-refractivity contribution in [3.63, 3.8) is 0 Å². The molecular formula is C15H14O4. The van der Waals surface area contributed by atoms with Gasteiger partial charge < -0.3 is 14.3 Å². The summed E-state index contributed by atoms with van der Waals surface area (Å²) in [5.41, 5.74) is 2.70. The number of carbonyl (C=O) groups is 1. The number of furan rings is 1. The van der Waals surface area contributed by atoms with Crippen molar-refractivity contribution in [2.24, 2.45) is 0 Å². The van der Waals surface area contributed by atoms with E-state index in [0.29, 0.717) is 13.0 Å². The molecule has 0 radical (unpaired) electrons. The van der Waals surface area contributed by atoms with Gasteiger partial charge in [0, 0.05) is 5.56 Å². The van der Waals surface area contributed by atoms with Gasteiger partial charge in [-0.05, 0) is 36.6 Å². The third-order valence-electron chi connectivity index (χ3n) is 3.36. The van der Waals surface area contributed by atoms with E-state index < -0.39 is 12.1 Å². The number of hydrogen-bond acceptors (Lipinski definition) is 3. The molecule has 1 unspecified atom stereocenters. The Morgan fingerprint density at radius 1 is 1.32 bits per heavy atom. The summed E-state index contributed by atoms with van der Waals surface area (Å²) in [4.78, 5) is 11.2. The van der Waals surface area contributed by atoms with Crippen molar-refractivity contribution < 1.29 is 19.1 Å². The van der Waals surface area contributed by atoms with Crippen LogP contribution in [0.3, 0.4) is 0 Å². The van der Waals surface area contributed by atoms with Crippen LogP contribution in [0, 0.1) is 6.92 Å². The Bertz CT molecular complexity index is 627. The standard InChI is InChI=1S/C15H14O4/c1-9-5-6-13(19-9)11-3-2-4-12-10(11)7-8-18-14(12)15(16)17/h2-6,14H,7-8H2,1H3,(H,16,17). The summed E-state index contributed by atoms with van der Waals surface area (Å²) in [5, 5.41) is 9.20. The van der Waals surface area contributed by atoms with Gasteiger partial charge in [-0.15, -0.1) is 0 Å². The van der Waals surface area contributed by atoms with Gasteiger partial charge in [0.1, 0.15) is 11.5 Å². The zero-order valence-electron chi connectivity index (χ0n) is 10.6. The predicted octanol–water partition coefficient (Wildman–Crippen LogP) is 2.95. The van der Waals surface area contributed by atoms with E-state index in [-0.39, 0.29) is 0 Å². The lowest BCUT2D eigenvalue weighted by Crippen LogP contribution is -2.23. The van der Waals surface area contributed by atoms with Crippen LogP contribution >= 0.6 is 0 Å². The second-order valence-corrected chi connectivity index (χ2v) is 4.62. The maximum Gasteiger partial charge on any atom is 0.337 e. The Balaban J connectivity index is 2.13. The minimum atomic E-state index is -0.950. The number of ether oxygens (including phenoxy) is 1. The normalized spacial score (nSPS) is 18.1. The van der Waals surface area contributed by atoms with Crippen molar-refractivity contribution in [3.05, 3.63) is 47.2 Å². The van der Waals surface area contributed by atoms with Gasteiger partial charge in [0.05, 0.1) is 6.61 Å². The fourth-order valence-electron chi connectivity index (χ4n) is 2.51. The first-order valence-electron chi connectivity index (χ1n) is 6.20. The van der Waals surface area contributed by atoms with Gasteiger partial charge in [0.2, 0.25) is 0 Å². The lowest BCUT2D eigenvalue weighted by atomic mass is 9.92. The number of benzene rings is 1. The quantitative estimate of drug-likeness (QED) is 0.899. The highest BCUT2D eigenvalue weighted by Crippen LogP contribution is 2.35. The number of carboxylic acids is 1. The van der Waals surface area contributed by atoms with E-state index in [4.69, 9.17) is 9.15 Å². The van der Waals surface area contributed by atoms with Gasteiger partial charge in [0.15, 0.2) is 6.10 Å². The van der Waals surface area contributed by atoms with Gasteiger partial charge in [-0.25, -0.2) is 4.79 Å². The molecule has 0 bridgehead atoms. The van der Waals surface area contributed by atoms with Crippen LogP contribution < -0.4 is 0 Å². The summed E-state index contributed by atoms with van der Waals surface area (Å²) < 4.78 is 11.0. The highest BCUT2D eigenvalue weighted by Gasteiger charge is 2.29. The molecule has 0 aliphatic carbocycles. The zero-order chi connectivity index (χ0) is 13.4. The third kappa shape index (κ3) is 2.04. The fraction of sp³-hybridized carbons (Fsp3) is 0.267.